The van der Waals surface area contributed by atoms with Crippen LogP contribution in [0.3, 0.4) is 0 Å². The molecule has 0 saturated carbocycles. The van der Waals surface area contributed by atoms with Crippen molar-refractivity contribution in [3.05, 3.63) is 45.2 Å². The third-order valence-electron chi connectivity index (χ3n) is 2.47. The fraction of sp³-hybridized carbons (Fsp3) is 0.231. The zero-order valence-electron chi connectivity index (χ0n) is 9.38. The van der Waals surface area contributed by atoms with E-state index in [0.29, 0.717) is 0 Å². The predicted molar refractivity (Wildman–Crippen MR) is 75.0 cm³/mol. The maximum Gasteiger partial charge on any atom is 0.0346 e. The van der Waals surface area contributed by atoms with E-state index < -0.39 is 0 Å². The zero-order chi connectivity index (χ0) is 11.5. The second kappa shape index (κ2) is 5.13. The minimum atomic E-state index is 0.942. The van der Waals surface area contributed by atoms with Gasteiger partial charge in [0, 0.05) is 20.8 Å². The first-order valence-corrected chi connectivity index (χ1v) is 6.81. The standard InChI is InChI=1S/C13H14BrNS/c1-9-3-4-10(7-12(9)14)13-6-5-11(16-13)8-15-2/h3-7,15H,8H2,1-2H3. The Labute approximate surface area is 109 Å². The van der Waals surface area contributed by atoms with Crippen LogP contribution in [0.15, 0.2) is 34.8 Å². The molecule has 16 heavy (non-hydrogen) atoms. The van der Waals surface area contributed by atoms with Gasteiger partial charge < -0.3 is 5.32 Å². The van der Waals surface area contributed by atoms with Crippen LogP contribution in [0.5, 0.6) is 0 Å². The Morgan fingerprint density at radius 1 is 1.25 bits per heavy atom. The molecule has 84 valence electrons. The number of rotatable bonds is 3. The highest BCUT2D eigenvalue weighted by Crippen LogP contribution is 2.31. The summed E-state index contributed by atoms with van der Waals surface area (Å²) in [6.07, 6.45) is 0. The molecule has 1 N–H and O–H groups in total. The summed E-state index contributed by atoms with van der Waals surface area (Å²) in [5, 5.41) is 3.17. The maximum absolute atomic E-state index is 3.57. The molecule has 1 aromatic carbocycles. The molecule has 1 heterocycles. The molecule has 0 saturated heterocycles. The van der Waals surface area contributed by atoms with Gasteiger partial charge in [-0.25, -0.2) is 0 Å². The lowest BCUT2D eigenvalue weighted by Gasteiger charge is -2.01. The summed E-state index contributed by atoms with van der Waals surface area (Å²) in [4.78, 5) is 2.69. The highest BCUT2D eigenvalue weighted by molar-refractivity contribution is 9.10. The third kappa shape index (κ3) is 2.54. The number of halogens is 1. The van der Waals surface area contributed by atoms with Gasteiger partial charge in [-0.3, -0.25) is 0 Å². The highest BCUT2D eigenvalue weighted by Gasteiger charge is 2.04. The van der Waals surface area contributed by atoms with E-state index in [0.717, 1.165) is 6.54 Å². The van der Waals surface area contributed by atoms with Crippen molar-refractivity contribution in [2.24, 2.45) is 0 Å². The topological polar surface area (TPSA) is 12.0 Å². The van der Waals surface area contributed by atoms with Gasteiger partial charge in [-0.2, -0.15) is 0 Å². The van der Waals surface area contributed by atoms with Gasteiger partial charge in [0.2, 0.25) is 0 Å². The van der Waals surface area contributed by atoms with Crippen molar-refractivity contribution in [1.29, 1.82) is 0 Å². The van der Waals surface area contributed by atoms with Gasteiger partial charge in [0.1, 0.15) is 0 Å². The van der Waals surface area contributed by atoms with Crippen molar-refractivity contribution in [3.8, 4) is 10.4 Å². The van der Waals surface area contributed by atoms with E-state index >= 15 is 0 Å². The van der Waals surface area contributed by atoms with Crippen molar-refractivity contribution < 1.29 is 0 Å². The molecule has 3 heteroatoms. The summed E-state index contributed by atoms with van der Waals surface area (Å²) in [5.74, 6) is 0. The van der Waals surface area contributed by atoms with Crippen LogP contribution >= 0.6 is 27.3 Å². The number of nitrogens with one attached hydrogen (secondary N) is 1. The Morgan fingerprint density at radius 2 is 2.06 bits per heavy atom. The highest BCUT2D eigenvalue weighted by atomic mass is 79.9. The number of hydrogen-bond acceptors (Lipinski definition) is 2. The Morgan fingerprint density at radius 3 is 2.75 bits per heavy atom. The molecule has 1 aromatic heterocycles. The average molecular weight is 296 g/mol. The third-order valence-corrected chi connectivity index (χ3v) is 4.46. The van der Waals surface area contributed by atoms with E-state index in [4.69, 9.17) is 0 Å². The lowest BCUT2D eigenvalue weighted by atomic mass is 10.1. The second-order valence-corrected chi connectivity index (χ2v) is 5.78. The van der Waals surface area contributed by atoms with E-state index in [2.05, 4.69) is 58.5 Å². The Balaban J connectivity index is 2.31. The maximum atomic E-state index is 3.57. The van der Waals surface area contributed by atoms with E-state index in [1.165, 1.54) is 25.4 Å². The molecular formula is C13H14BrNS. The van der Waals surface area contributed by atoms with E-state index in [1.807, 2.05) is 18.4 Å². The van der Waals surface area contributed by atoms with Gasteiger partial charge in [-0.1, -0.05) is 28.1 Å². The first kappa shape index (κ1) is 11.8. The minimum Gasteiger partial charge on any atom is -0.315 e. The predicted octanol–water partition coefficient (Wildman–Crippen LogP) is 4.21. The second-order valence-electron chi connectivity index (χ2n) is 3.76. The summed E-state index contributed by atoms with van der Waals surface area (Å²) in [5.41, 5.74) is 2.56. The molecule has 0 bridgehead atoms. The van der Waals surface area contributed by atoms with Gasteiger partial charge in [-0.05, 0) is 43.3 Å². The van der Waals surface area contributed by atoms with Crippen LogP contribution in [-0.4, -0.2) is 7.05 Å². The molecule has 0 aliphatic rings. The van der Waals surface area contributed by atoms with Crippen molar-refractivity contribution in [3.63, 3.8) is 0 Å². The first-order valence-electron chi connectivity index (χ1n) is 5.20. The lowest BCUT2D eigenvalue weighted by Crippen LogP contribution is -2.02. The SMILES string of the molecule is CNCc1ccc(-c2ccc(C)c(Br)c2)s1. The Hall–Kier alpha value is -0.640. The molecule has 0 unspecified atom stereocenters. The molecule has 0 fully saturated rings. The average Bonchev–Trinajstić information content (AvgIpc) is 2.71. The molecule has 0 spiro atoms. The zero-order valence-corrected chi connectivity index (χ0v) is 11.8. The van der Waals surface area contributed by atoms with Crippen molar-refractivity contribution in [2.45, 2.75) is 13.5 Å². The molecule has 0 amide bonds. The minimum absolute atomic E-state index is 0.942. The summed E-state index contributed by atoms with van der Waals surface area (Å²) >= 11 is 5.41. The number of benzene rings is 1. The van der Waals surface area contributed by atoms with Crippen LogP contribution in [0.25, 0.3) is 10.4 Å². The van der Waals surface area contributed by atoms with Gasteiger partial charge in [-0.15, -0.1) is 11.3 Å². The van der Waals surface area contributed by atoms with Crippen LogP contribution in [0.1, 0.15) is 10.4 Å². The number of aryl methyl sites for hydroxylation is 1. The van der Waals surface area contributed by atoms with Crippen LogP contribution in [0.2, 0.25) is 0 Å². The molecule has 2 rings (SSSR count). The Kier molecular flexibility index (Phi) is 3.79. The van der Waals surface area contributed by atoms with Gasteiger partial charge in [0.05, 0.1) is 0 Å². The summed E-state index contributed by atoms with van der Waals surface area (Å²) in [6.45, 7) is 3.05. The fourth-order valence-corrected chi connectivity index (χ4v) is 2.94. The summed E-state index contributed by atoms with van der Waals surface area (Å²) < 4.78 is 1.17. The molecular weight excluding hydrogens is 282 g/mol. The van der Waals surface area contributed by atoms with Gasteiger partial charge >= 0.3 is 0 Å². The first-order chi connectivity index (χ1) is 7.70. The molecule has 0 atom stereocenters. The quantitative estimate of drug-likeness (QED) is 0.895. The summed E-state index contributed by atoms with van der Waals surface area (Å²) in [6, 6.07) is 10.9. The molecule has 1 nitrogen and oxygen atoms in total. The van der Waals surface area contributed by atoms with Crippen molar-refractivity contribution >= 4 is 27.3 Å². The number of hydrogen-bond donors (Lipinski definition) is 1. The molecule has 0 radical (unpaired) electrons. The normalized spacial score (nSPS) is 10.7. The van der Waals surface area contributed by atoms with Crippen molar-refractivity contribution in [1.82, 2.24) is 5.32 Å². The number of thiophene rings is 1. The molecule has 2 aromatic rings. The molecule has 0 aliphatic heterocycles. The van der Waals surface area contributed by atoms with E-state index in [-0.39, 0.29) is 0 Å². The lowest BCUT2D eigenvalue weighted by molar-refractivity contribution is 0.831. The smallest absolute Gasteiger partial charge is 0.0346 e. The van der Waals surface area contributed by atoms with Crippen LogP contribution in [-0.2, 0) is 6.54 Å². The summed E-state index contributed by atoms with van der Waals surface area (Å²) in [7, 11) is 1.97. The fourth-order valence-electron chi connectivity index (χ4n) is 1.55. The largest absolute Gasteiger partial charge is 0.315 e. The van der Waals surface area contributed by atoms with Crippen molar-refractivity contribution in [2.75, 3.05) is 7.05 Å². The van der Waals surface area contributed by atoms with Gasteiger partial charge in [0.15, 0.2) is 0 Å². The van der Waals surface area contributed by atoms with Crippen LogP contribution in [0.4, 0.5) is 0 Å². The van der Waals surface area contributed by atoms with Crippen LogP contribution in [0, 0.1) is 6.92 Å². The van der Waals surface area contributed by atoms with E-state index in [1.54, 1.807) is 0 Å². The van der Waals surface area contributed by atoms with Crippen LogP contribution < -0.4 is 5.32 Å². The molecule has 0 aliphatic carbocycles. The van der Waals surface area contributed by atoms with Gasteiger partial charge in [0.25, 0.3) is 0 Å². The van der Waals surface area contributed by atoms with E-state index in [9.17, 15) is 0 Å². The monoisotopic (exact) mass is 295 g/mol. The Bertz CT molecular complexity index is 490.